The Morgan fingerprint density at radius 1 is 1.56 bits per heavy atom. The van der Waals surface area contributed by atoms with Crippen molar-refractivity contribution in [2.24, 2.45) is 5.92 Å². The number of unbranched alkanes of at least 4 members (excludes halogenated alkanes) is 2. The lowest BCUT2D eigenvalue weighted by molar-refractivity contribution is -0.126. The second-order valence-electron chi connectivity index (χ2n) is 4.53. The quantitative estimate of drug-likeness (QED) is 0.544. The van der Waals surface area contributed by atoms with Gasteiger partial charge in [-0.1, -0.05) is 0 Å². The Labute approximate surface area is 98.4 Å². The van der Waals surface area contributed by atoms with Gasteiger partial charge in [0.05, 0.1) is 0 Å². The number of terminal acetylenes is 1. The molecule has 0 aromatic rings. The number of hydrogen-bond acceptors (Lipinski definition) is 2. The van der Waals surface area contributed by atoms with Crippen LogP contribution in [-0.2, 0) is 4.79 Å². The number of rotatable bonds is 5. The van der Waals surface area contributed by atoms with Crippen LogP contribution in [0.1, 0.15) is 39.0 Å². The van der Waals surface area contributed by atoms with Crippen molar-refractivity contribution in [3.05, 3.63) is 0 Å². The molecule has 16 heavy (non-hydrogen) atoms. The van der Waals surface area contributed by atoms with E-state index >= 15 is 0 Å². The van der Waals surface area contributed by atoms with E-state index in [9.17, 15) is 4.79 Å². The van der Waals surface area contributed by atoms with Crippen molar-refractivity contribution in [1.29, 1.82) is 0 Å². The Morgan fingerprint density at radius 2 is 2.38 bits per heavy atom. The van der Waals surface area contributed by atoms with Gasteiger partial charge in [-0.05, 0) is 39.2 Å². The summed E-state index contributed by atoms with van der Waals surface area (Å²) in [5.74, 6) is 3.02. The summed E-state index contributed by atoms with van der Waals surface area (Å²) in [7, 11) is 0. The topological polar surface area (TPSA) is 41.1 Å². The van der Waals surface area contributed by atoms with Gasteiger partial charge in [-0.3, -0.25) is 4.79 Å². The zero-order valence-corrected chi connectivity index (χ0v) is 10.1. The molecule has 1 fully saturated rings. The number of piperidine rings is 1. The molecule has 1 heterocycles. The van der Waals surface area contributed by atoms with Crippen molar-refractivity contribution < 1.29 is 4.79 Å². The van der Waals surface area contributed by atoms with E-state index in [-0.39, 0.29) is 11.8 Å². The second-order valence-corrected chi connectivity index (χ2v) is 4.53. The van der Waals surface area contributed by atoms with Crippen molar-refractivity contribution >= 4 is 5.91 Å². The van der Waals surface area contributed by atoms with Gasteiger partial charge in [-0.15, -0.1) is 12.3 Å². The minimum absolute atomic E-state index is 0.198. The lowest BCUT2D eigenvalue weighted by Crippen LogP contribution is -2.42. The average Bonchev–Trinajstić information content (AvgIpc) is 2.28. The average molecular weight is 222 g/mol. The SMILES string of the molecule is C#CCCCCNC(=O)C1CCNC(C)C1. The van der Waals surface area contributed by atoms with Gasteiger partial charge in [0.15, 0.2) is 0 Å². The van der Waals surface area contributed by atoms with Crippen LogP contribution in [0.25, 0.3) is 0 Å². The van der Waals surface area contributed by atoms with E-state index in [1.807, 2.05) is 0 Å². The number of amides is 1. The van der Waals surface area contributed by atoms with Crippen LogP contribution in [0.5, 0.6) is 0 Å². The normalized spacial score (nSPS) is 24.8. The molecule has 2 unspecified atom stereocenters. The van der Waals surface area contributed by atoms with Crippen LogP contribution in [0.15, 0.2) is 0 Å². The summed E-state index contributed by atoms with van der Waals surface area (Å²) < 4.78 is 0. The third-order valence-electron chi connectivity index (χ3n) is 3.04. The molecule has 3 nitrogen and oxygen atoms in total. The molecule has 1 aliphatic heterocycles. The summed E-state index contributed by atoms with van der Waals surface area (Å²) in [5, 5.41) is 6.35. The van der Waals surface area contributed by atoms with Crippen molar-refractivity contribution in [3.8, 4) is 12.3 Å². The van der Waals surface area contributed by atoms with Gasteiger partial charge < -0.3 is 10.6 Å². The highest BCUT2D eigenvalue weighted by atomic mass is 16.1. The van der Waals surface area contributed by atoms with Gasteiger partial charge in [-0.2, -0.15) is 0 Å². The van der Waals surface area contributed by atoms with E-state index < -0.39 is 0 Å². The van der Waals surface area contributed by atoms with Crippen molar-refractivity contribution in [2.45, 2.75) is 45.1 Å². The first kappa shape index (κ1) is 13.1. The zero-order valence-electron chi connectivity index (χ0n) is 10.1. The minimum Gasteiger partial charge on any atom is -0.356 e. The van der Waals surface area contributed by atoms with Crippen LogP contribution in [-0.4, -0.2) is 25.0 Å². The predicted molar refractivity (Wildman–Crippen MR) is 65.9 cm³/mol. The number of nitrogens with one attached hydrogen (secondary N) is 2. The molecule has 0 bridgehead atoms. The van der Waals surface area contributed by atoms with Gasteiger partial charge >= 0.3 is 0 Å². The Bertz CT molecular complexity index is 257. The molecule has 1 rings (SSSR count). The summed E-state index contributed by atoms with van der Waals surface area (Å²) in [6.45, 7) is 3.85. The van der Waals surface area contributed by atoms with Crippen LogP contribution in [0, 0.1) is 18.3 Å². The summed E-state index contributed by atoms with van der Waals surface area (Å²) >= 11 is 0. The molecule has 0 aromatic heterocycles. The first-order chi connectivity index (χ1) is 7.74. The number of carbonyl (C=O) groups is 1. The van der Waals surface area contributed by atoms with Crippen molar-refractivity contribution in [1.82, 2.24) is 10.6 Å². The number of carbonyl (C=O) groups excluding carboxylic acids is 1. The Kier molecular flexibility index (Phi) is 5.95. The smallest absolute Gasteiger partial charge is 0.223 e. The molecule has 0 aromatic carbocycles. The molecular weight excluding hydrogens is 200 g/mol. The number of hydrogen-bond donors (Lipinski definition) is 2. The molecule has 1 aliphatic rings. The largest absolute Gasteiger partial charge is 0.356 e. The lowest BCUT2D eigenvalue weighted by Gasteiger charge is -2.27. The van der Waals surface area contributed by atoms with Crippen LogP contribution in [0.4, 0.5) is 0 Å². The summed E-state index contributed by atoms with van der Waals surface area (Å²) in [5.41, 5.74) is 0. The molecule has 0 spiro atoms. The molecule has 1 amide bonds. The van der Waals surface area contributed by atoms with E-state index in [0.717, 1.165) is 45.2 Å². The van der Waals surface area contributed by atoms with E-state index in [0.29, 0.717) is 6.04 Å². The molecule has 3 heteroatoms. The highest BCUT2D eigenvalue weighted by Crippen LogP contribution is 2.15. The maximum atomic E-state index is 11.8. The molecule has 90 valence electrons. The molecule has 2 N–H and O–H groups in total. The fourth-order valence-corrected chi connectivity index (χ4v) is 2.08. The Morgan fingerprint density at radius 3 is 3.06 bits per heavy atom. The van der Waals surface area contributed by atoms with Crippen molar-refractivity contribution in [2.75, 3.05) is 13.1 Å². The van der Waals surface area contributed by atoms with E-state index in [2.05, 4.69) is 23.5 Å². The minimum atomic E-state index is 0.198. The third kappa shape index (κ3) is 4.67. The standard InChI is InChI=1S/C13H22N2O/c1-3-4-5-6-8-15-13(16)12-7-9-14-11(2)10-12/h1,11-12,14H,4-10H2,2H3,(H,15,16). The van der Waals surface area contributed by atoms with Crippen LogP contribution >= 0.6 is 0 Å². The Hall–Kier alpha value is -1.01. The fourth-order valence-electron chi connectivity index (χ4n) is 2.08. The Balaban J connectivity index is 2.12. The van der Waals surface area contributed by atoms with Crippen molar-refractivity contribution in [3.63, 3.8) is 0 Å². The van der Waals surface area contributed by atoms with Gasteiger partial charge in [0.25, 0.3) is 0 Å². The monoisotopic (exact) mass is 222 g/mol. The zero-order chi connectivity index (χ0) is 11.8. The molecule has 1 saturated heterocycles. The van der Waals surface area contributed by atoms with Gasteiger partial charge in [0, 0.05) is 24.9 Å². The summed E-state index contributed by atoms with van der Waals surface area (Å²) in [6, 6.07) is 0.464. The second kappa shape index (κ2) is 7.29. The third-order valence-corrected chi connectivity index (χ3v) is 3.04. The lowest BCUT2D eigenvalue weighted by atomic mass is 9.92. The van der Waals surface area contributed by atoms with E-state index in [1.165, 1.54) is 0 Å². The van der Waals surface area contributed by atoms with Crippen LogP contribution < -0.4 is 10.6 Å². The fraction of sp³-hybridized carbons (Fsp3) is 0.769. The van der Waals surface area contributed by atoms with E-state index in [4.69, 9.17) is 6.42 Å². The van der Waals surface area contributed by atoms with Crippen LogP contribution in [0.2, 0.25) is 0 Å². The highest BCUT2D eigenvalue weighted by Gasteiger charge is 2.23. The van der Waals surface area contributed by atoms with Gasteiger partial charge in [0.1, 0.15) is 0 Å². The first-order valence-electron chi connectivity index (χ1n) is 6.18. The molecule has 0 saturated carbocycles. The van der Waals surface area contributed by atoms with Gasteiger partial charge in [0.2, 0.25) is 5.91 Å². The molecule has 0 aliphatic carbocycles. The molecule has 2 atom stereocenters. The first-order valence-corrected chi connectivity index (χ1v) is 6.18. The van der Waals surface area contributed by atoms with Crippen LogP contribution in [0.3, 0.4) is 0 Å². The molecule has 0 radical (unpaired) electrons. The maximum Gasteiger partial charge on any atom is 0.223 e. The highest BCUT2D eigenvalue weighted by molar-refractivity contribution is 5.78. The molecular formula is C13H22N2O. The van der Waals surface area contributed by atoms with Gasteiger partial charge in [-0.25, -0.2) is 0 Å². The maximum absolute atomic E-state index is 11.8. The summed E-state index contributed by atoms with van der Waals surface area (Å²) in [6.07, 6.45) is 9.86. The van der Waals surface area contributed by atoms with E-state index in [1.54, 1.807) is 0 Å². The predicted octanol–water partition coefficient (Wildman–Crippen LogP) is 1.29. The summed E-state index contributed by atoms with van der Waals surface area (Å²) in [4.78, 5) is 11.8.